The van der Waals surface area contributed by atoms with Gasteiger partial charge in [-0.3, -0.25) is 4.79 Å². The van der Waals surface area contributed by atoms with E-state index in [2.05, 4.69) is 15.5 Å². The molecular formula is C17H15F2N3O2. The Kier molecular flexibility index (Phi) is 4.01. The van der Waals surface area contributed by atoms with Gasteiger partial charge in [-0.05, 0) is 31.0 Å². The van der Waals surface area contributed by atoms with Crippen LogP contribution in [0.3, 0.4) is 0 Å². The van der Waals surface area contributed by atoms with Crippen LogP contribution in [0.2, 0.25) is 0 Å². The molecule has 24 heavy (non-hydrogen) atoms. The number of fused-ring (bicyclic) bond motifs is 1. The van der Waals surface area contributed by atoms with Crippen LogP contribution in [0.15, 0.2) is 28.8 Å². The Balaban J connectivity index is 2.11. The molecule has 1 N–H and O–H groups in total. The highest BCUT2D eigenvalue weighted by molar-refractivity contribution is 6.12. The first-order valence-electron chi connectivity index (χ1n) is 7.40. The molecule has 3 rings (SSSR count). The summed E-state index contributed by atoms with van der Waals surface area (Å²) in [5.41, 5.74) is 1.04. The number of anilines is 1. The fraction of sp³-hybridized carbons (Fsp3) is 0.235. The zero-order valence-corrected chi connectivity index (χ0v) is 13.4. The van der Waals surface area contributed by atoms with Crippen LogP contribution in [-0.4, -0.2) is 16.0 Å². The first kappa shape index (κ1) is 16.0. The lowest BCUT2D eigenvalue weighted by Gasteiger charge is -2.10. The molecule has 5 nitrogen and oxygen atoms in total. The van der Waals surface area contributed by atoms with Crippen LogP contribution in [-0.2, 0) is 0 Å². The molecule has 0 unspecified atom stereocenters. The number of benzene rings is 1. The van der Waals surface area contributed by atoms with Crippen LogP contribution < -0.4 is 5.32 Å². The van der Waals surface area contributed by atoms with Crippen molar-refractivity contribution in [3.05, 3.63) is 52.9 Å². The Morgan fingerprint density at radius 2 is 1.92 bits per heavy atom. The number of para-hydroxylation sites is 1. The first-order chi connectivity index (χ1) is 11.4. The van der Waals surface area contributed by atoms with E-state index in [1.807, 2.05) is 13.8 Å². The maximum atomic E-state index is 13.8. The Morgan fingerprint density at radius 1 is 1.25 bits per heavy atom. The second-order valence-electron chi connectivity index (χ2n) is 5.75. The molecule has 0 atom stereocenters. The van der Waals surface area contributed by atoms with Crippen molar-refractivity contribution in [2.45, 2.75) is 26.7 Å². The first-order valence-corrected chi connectivity index (χ1v) is 7.40. The number of rotatable bonds is 3. The van der Waals surface area contributed by atoms with Gasteiger partial charge in [0.05, 0.1) is 16.6 Å². The van der Waals surface area contributed by atoms with Crippen LogP contribution in [0.4, 0.5) is 14.5 Å². The highest BCUT2D eigenvalue weighted by atomic mass is 19.1. The lowest BCUT2D eigenvalue weighted by molar-refractivity contribution is 0.102. The lowest BCUT2D eigenvalue weighted by Crippen LogP contribution is -2.16. The van der Waals surface area contributed by atoms with E-state index >= 15 is 0 Å². The molecule has 0 spiro atoms. The highest BCUT2D eigenvalue weighted by Crippen LogP contribution is 2.27. The second-order valence-corrected chi connectivity index (χ2v) is 5.75. The smallest absolute Gasteiger partial charge is 0.259 e. The molecule has 0 saturated carbocycles. The average molecular weight is 331 g/mol. The average Bonchev–Trinajstić information content (AvgIpc) is 2.91. The molecule has 0 fully saturated rings. The number of aryl methyl sites for hydroxylation is 1. The molecule has 0 aliphatic carbocycles. The summed E-state index contributed by atoms with van der Waals surface area (Å²) in [6.45, 7) is 5.49. The van der Waals surface area contributed by atoms with Gasteiger partial charge in [0.1, 0.15) is 17.3 Å². The Labute approximate surface area is 136 Å². The van der Waals surface area contributed by atoms with E-state index in [-0.39, 0.29) is 17.2 Å². The summed E-state index contributed by atoms with van der Waals surface area (Å²) in [5, 5.41) is 6.52. The number of halogens is 2. The van der Waals surface area contributed by atoms with E-state index in [1.165, 1.54) is 6.07 Å². The van der Waals surface area contributed by atoms with Crippen molar-refractivity contribution < 1.29 is 18.1 Å². The van der Waals surface area contributed by atoms with Gasteiger partial charge in [-0.25, -0.2) is 13.8 Å². The van der Waals surface area contributed by atoms with Crippen LogP contribution in [0.25, 0.3) is 11.1 Å². The molecule has 0 aliphatic rings. The Hall–Kier alpha value is -2.83. The summed E-state index contributed by atoms with van der Waals surface area (Å²) >= 11 is 0. The number of aromatic nitrogens is 2. The van der Waals surface area contributed by atoms with Crippen LogP contribution >= 0.6 is 0 Å². The predicted octanol–water partition coefficient (Wildman–Crippen LogP) is 4.19. The Bertz CT molecular complexity index is 915. The molecule has 3 aromatic rings. The summed E-state index contributed by atoms with van der Waals surface area (Å²) in [7, 11) is 0. The molecule has 7 heteroatoms. The van der Waals surface area contributed by atoms with Crippen molar-refractivity contribution in [2.24, 2.45) is 0 Å². The molecule has 0 aliphatic heterocycles. The largest absolute Gasteiger partial charge is 0.336 e. The molecule has 0 bridgehead atoms. The van der Waals surface area contributed by atoms with Crippen LogP contribution in [0.5, 0.6) is 0 Å². The number of nitrogens with one attached hydrogen (secondary N) is 1. The topological polar surface area (TPSA) is 68.0 Å². The van der Waals surface area contributed by atoms with Gasteiger partial charge in [-0.15, -0.1) is 0 Å². The van der Waals surface area contributed by atoms with Crippen molar-refractivity contribution in [2.75, 3.05) is 5.32 Å². The third-order valence-electron chi connectivity index (χ3n) is 3.67. The SMILES string of the molecule is Cc1noc2nc(C(C)C)cc(C(=O)Nc3c(F)cccc3F)c12. The summed E-state index contributed by atoms with van der Waals surface area (Å²) < 4.78 is 32.7. The molecule has 2 heterocycles. The number of carbonyl (C=O) groups is 1. The van der Waals surface area contributed by atoms with Crippen molar-refractivity contribution in [1.29, 1.82) is 0 Å². The van der Waals surface area contributed by atoms with Gasteiger partial charge >= 0.3 is 0 Å². The minimum Gasteiger partial charge on any atom is -0.336 e. The predicted molar refractivity (Wildman–Crippen MR) is 84.9 cm³/mol. The van der Waals surface area contributed by atoms with Gasteiger partial charge in [0.2, 0.25) is 0 Å². The number of amides is 1. The van der Waals surface area contributed by atoms with Crippen molar-refractivity contribution in [1.82, 2.24) is 10.1 Å². The fourth-order valence-corrected chi connectivity index (χ4v) is 2.39. The van der Waals surface area contributed by atoms with Gasteiger partial charge in [0.15, 0.2) is 0 Å². The minimum atomic E-state index is -0.847. The third-order valence-corrected chi connectivity index (χ3v) is 3.67. The maximum absolute atomic E-state index is 13.8. The molecular weight excluding hydrogens is 316 g/mol. The van der Waals surface area contributed by atoms with Crippen molar-refractivity contribution in [3.63, 3.8) is 0 Å². The number of carbonyl (C=O) groups excluding carboxylic acids is 1. The molecule has 0 saturated heterocycles. The molecule has 1 amide bonds. The van der Waals surface area contributed by atoms with E-state index in [4.69, 9.17) is 4.52 Å². The van der Waals surface area contributed by atoms with Crippen LogP contribution in [0.1, 0.15) is 41.5 Å². The van der Waals surface area contributed by atoms with Crippen molar-refractivity contribution >= 4 is 22.7 Å². The molecule has 0 radical (unpaired) electrons. The van der Waals surface area contributed by atoms with Gasteiger partial charge < -0.3 is 9.84 Å². The van der Waals surface area contributed by atoms with E-state index in [0.717, 1.165) is 12.1 Å². The quantitative estimate of drug-likeness (QED) is 0.781. The van der Waals surface area contributed by atoms with E-state index in [1.54, 1.807) is 13.0 Å². The summed E-state index contributed by atoms with van der Waals surface area (Å²) in [6, 6.07) is 4.97. The monoisotopic (exact) mass is 331 g/mol. The second kappa shape index (κ2) is 5.99. The summed E-state index contributed by atoms with van der Waals surface area (Å²) in [5.74, 6) is -2.31. The van der Waals surface area contributed by atoms with Crippen molar-refractivity contribution in [3.8, 4) is 0 Å². The van der Waals surface area contributed by atoms with Gasteiger partial charge in [0, 0.05) is 5.69 Å². The summed E-state index contributed by atoms with van der Waals surface area (Å²) in [6.07, 6.45) is 0. The molecule has 124 valence electrons. The maximum Gasteiger partial charge on any atom is 0.259 e. The zero-order valence-electron chi connectivity index (χ0n) is 13.4. The zero-order chi connectivity index (χ0) is 17.4. The lowest BCUT2D eigenvalue weighted by atomic mass is 10.0. The summed E-state index contributed by atoms with van der Waals surface area (Å²) in [4.78, 5) is 16.9. The molecule has 2 aromatic heterocycles. The highest BCUT2D eigenvalue weighted by Gasteiger charge is 2.21. The van der Waals surface area contributed by atoms with E-state index < -0.39 is 23.2 Å². The number of pyridine rings is 1. The van der Waals surface area contributed by atoms with Gasteiger partial charge in [0.25, 0.3) is 11.6 Å². The number of hydrogen-bond acceptors (Lipinski definition) is 4. The van der Waals surface area contributed by atoms with E-state index in [0.29, 0.717) is 16.8 Å². The Morgan fingerprint density at radius 3 is 2.54 bits per heavy atom. The fourth-order valence-electron chi connectivity index (χ4n) is 2.39. The van der Waals surface area contributed by atoms with E-state index in [9.17, 15) is 13.6 Å². The standard InChI is InChI=1S/C17H15F2N3O2/c1-8(2)13-7-10(14-9(3)22-24-17(14)20-13)16(23)21-15-11(18)5-4-6-12(15)19/h4-8H,1-3H3,(H,21,23). The molecule has 1 aromatic carbocycles. The third kappa shape index (κ3) is 2.73. The van der Waals surface area contributed by atoms with Gasteiger partial charge in [-0.1, -0.05) is 25.1 Å². The van der Waals surface area contributed by atoms with Gasteiger partial charge in [-0.2, -0.15) is 0 Å². The number of nitrogens with zero attached hydrogens (tertiary/aromatic N) is 2. The van der Waals surface area contributed by atoms with Crippen LogP contribution in [0, 0.1) is 18.6 Å². The minimum absolute atomic E-state index is 0.0385. The number of hydrogen-bond donors (Lipinski definition) is 1. The normalized spacial score (nSPS) is 11.2.